The first-order chi connectivity index (χ1) is 10.8. The minimum atomic E-state index is 0.0556. The summed E-state index contributed by atoms with van der Waals surface area (Å²) in [6, 6.07) is 18.2. The molecule has 1 heterocycles. The number of aromatic nitrogens is 3. The van der Waals surface area contributed by atoms with E-state index < -0.39 is 0 Å². The zero-order chi connectivity index (χ0) is 15.4. The van der Waals surface area contributed by atoms with Crippen LogP contribution in [0.1, 0.15) is 17.0 Å². The highest BCUT2D eigenvalue weighted by Gasteiger charge is 2.10. The molecule has 0 atom stereocenters. The van der Waals surface area contributed by atoms with Gasteiger partial charge in [0.1, 0.15) is 5.82 Å². The van der Waals surface area contributed by atoms with E-state index in [4.69, 9.17) is 5.11 Å². The van der Waals surface area contributed by atoms with Gasteiger partial charge in [-0.3, -0.25) is 0 Å². The number of hydrogen-bond donors (Lipinski definition) is 1. The average Bonchev–Trinajstić information content (AvgIpc) is 2.95. The van der Waals surface area contributed by atoms with Crippen molar-refractivity contribution in [1.82, 2.24) is 14.8 Å². The molecule has 3 rings (SSSR count). The number of hydrogen-bond acceptors (Lipinski definition) is 3. The Bertz CT molecular complexity index is 733. The summed E-state index contributed by atoms with van der Waals surface area (Å²) in [5, 5.41) is 13.6. The number of nitrogens with zero attached hydrogens (tertiary/aromatic N) is 3. The van der Waals surface area contributed by atoms with Crippen LogP contribution in [-0.4, -0.2) is 19.9 Å². The third-order valence-corrected chi connectivity index (χ3v) is 3.63. The van der Waals surface area contributed by atoms with Crippen molar-refractivity contribution in [2.24, 2.45) is 0 Å². The molecule has 0 saturated carbocycles. The van der Waals surface area contributed by atoms with Crippen molar-refractivity contribution < 1.29 is 5.11 Å². The normalized spacial score (nSPS) is 10.8. The molecule has 3 aromatic rings. The van der Waals surface area contributed by atoms with Gasteiger partial charge < -0.3 is 5.11 Å². The topological polar surface area (TPSA) is 50.9 Å². The molecule has 0 saturated heterocycles. The first kappa shape index (κ1) is 14.5. The maximum absolute atomic E-state index is 9.13. The maximum Gasteiger partial charge on any atom is 0.158 e. The summed E-state index contributed by atoms with van der Waals surface area (Å²) in [5.41, 5.74) is 3.21. The number of aliphatic hydroxyl groups is 1. The van der Waals surface area contributed by atoms with Gasteiger partial charge >= 0.3 is 0 Å². The molecule has 22 heavy (non-hydrogen) atoms. The third-order valence-electron chi connectivity index (χ3n) is 3.63. The van der Waals surface area contributed by atoms with Gasteiger partial charge in [0.15, 0.2) is 5.82 Å². The van der Waals surface area contributed by atoms with E-state index in [1.165, 1.54) is 5.56 Å². The molecule has 0 aliphatic carbocycles. The smallest absolute Gasteiger partial charge is 0.158 e. The van der Waals surface area contributed by atoms with Crippen LogP contribution in [-0.2, 0) is 19.6 Å². The highest BCUT2D eigenvalue weighted by atomic mass is 16.3. The van der Waals surface area contributed by atoms with Crippen molar-refractivity contribution in [1.29, 1.82) is 0 Å². The van der Waals surface area contributed by atoms with E-state index in [2.05, 4.69) is 34.3 Å². The molecule has 1 aromatic heterocycles. The van der Waals surface area contributed by atoms with Gasteiger partial charge in [-0.25, -0.2) is 9.67 Å². The number of aliphatic hydroxyl groups excluding tert-OH is 1. The first-order valence-corrected chi connectivity index (χ1v) is 7.42. The second-order valence-corrected chi connectivity index (χ2v) is 5.30. The fourth-order valence-corrected chi connectivity index (χ4v) is 2.46. The molecular formula is C18H19N3O. The quantitative estimate of drug-likeness (QED) is 0.787. The zero-order valence-electron chi connectivity index (χ0n) is 12.6. The van der Waals surface area contributed by atoms with E-state index in [1.807, 2.05) is 41.9 Å². The molecule has 0 unspecified atom stereocenters. The van der Waals surface area contributed by atoms with Crippen LogP contribution in [0.2, 0.25) is 0 Å². The highest BCUT2D eigenvalue weighted by Crippen LogP contribution is 2.19. The van der Waals surface area contributed by atoms with Gasteiger partial charge in [0.2, 0.25) is 0 Å². The summed E-state index contributed by atoms with van der Waals surface area (Å²) in [7, 11) is 0. The van der Waals surface area contributed by atoms with Gasteiger partial charge in [0.05, 0.1) is 6.61 Å². The number of aryl methyl sites for hydroxylation is 3. The lowest BCUT2D eigenvalue weighted by atomic mass is 10.1. The van der Waals surface area contributed by atoms with Gasteiger partial charge in [-0.05, 0) is 24.5 Å². The maximum atomic E-state index is 9.13. The summed E-state index contributed by atoms with van der Waals surface area (Å²) < 4.78 is 1.95. The minimum Gasteiger partial charge on any atom is -0.392 e. The monoisotopic (exact) mass is 293 g/mol. The summed E-state index contributed by atoms with van der Waals surface area (Å²) in [5.74, 6) is 1.65. The molecule has 2 aromatic carbocycles. The van der Waals surface area contributed by atoms with Crippen LogP contribution >= 0.6 is 0 Å². The van der Waals surface area contributed by atoms with Gasteiger partial charge in [0, 0.05) is 12.1 Å². The summed E-state index contributed by atoms with van der Waals surface area (Å²) in [6.07, 6.45) is 0.922. The Labute approximate surface area is 130 Å². The molecule has 0 radical (unpaired) electrons. The van der Waals surface area contributed by atoms with Crippen LogP contribution in [0.4, 0.5) is 0 Å². The van der Waals surface area contributed by atoms with Crippen molar-refractivity contribution in [3.8, 4) is 11.4 Å². The van der Waals surface area contributed by atoms with E-state index in [0.29, 0.717) is 0 Å². The third kappa shape index (κ3) is 3.23. The Kier molecular flexibility index (Phi) is 4.30. The highest BCUT2D eigenvalue weighted by molar-refractivity contribution is 5.55. The fourth-order valence-electron chi connectivity index (χ4n) is 2.46. The molecule has 4 heteroatoms. The van der Waals surface area contributed by atoms with Crippen LogP contribution in [0.15, 0.2) is 54.6 Å². The molecule has 0 amide bonds. The van der Waals surface area contributed by atoms with E-state index in [1.54, 1.807) is 0 Å². The van der Waals surface area contributed by atoms with Gasteiger partial charge in [-0.2, -0.15) is 5.10 Å². The summed E-state index contributed by atoms with van der Waals surface area (Å²) in [4.78, 5) is 4.54. The van der Waals surface area contributed by atoms with Crippen molar-refractivity contribution >= 4 is 0 Å². The van der Waals surface area contributed by atoms with Crippen LogP contribution < -0.4 is 0 Å². The number of benzene rings is 2. The van der Waals surface area contributed by atoms with Gasteiger partial charge in [0.25, 0.3) is 0 Å². The lowest BCUT2D eigenvalue weighted by molar-refractivity contribution is 0.282. The Balaban J connectivity index is 1.82. The van der Waals surface area contributed by atoms with Crippen molar-refractivity contribution in [3.63, 3.8) is 0 Å². The van der Waals surface area contributed by atoms with Crippen molar-refractivity contribution in [2.75, 3.05) is 0 Å². The van der Waals surface area contributed by atoms with E-state index >= 15 is 0 Å². The van der Waals surface area contributed by atoms with E-state index in [-0.39, 0.29) is 6.61 Å². The summed E-state index contributed by atoms with van der Waals surface area (Å²) in [6.45, 7) is 2.76. The first-order valence-electron chi connectivity index (χ1n) is 7.42. The Morgan fingerprint density at radius 3 is 2.36 bits per heavy atom. The van der Waals surface area contributed by atoms with Crippen molar-refractivity contribution in [2.45, 2.75) is 26.5 Å². The molecule has 1 N–H and O–H groups in total. The molecule has 0 spiro atoms. The second kappa shape index (κ2) is 6.54. The van der Waals surface area contributed by atoms with Gasteiger partial charge in [-0.1, -0.05) is 54.6 Å². The van der Waals surface area contributed by atoms with Crippen molar-refractivity contribution in [3.05, 3.63) is 71.5 Å². The largest absolute Gasteiger partial charge is 0.392 e. The number of rotatable bonds is 5. The Morgan fingerprint density at radius 2 is 1.68 bits per heavy atom. The van der Waals surface area contributed by atoms with E-state index in [9.17, 15) is 0 Å². The summed E-state index contributed by atoms with van der Waals surface area (Å²) >= 11 is 0. The van der Waals surface area contributed by atoms with Crippen LogP contribution in [0, 0.1) is 6.92 Å². The molecule has 4 nitrogen and oxygen atoms in total. The predicted molar refractivity (Wildman–Crippen MR) is 86.3 cm³/mol. The fraction of sp³-hybridized carbons (Fsp3) is 0.222. The van der Waals surface area contributed by atoms with E-state index in [0.717, 1.165) is 35.7 Å². The zero-order valence-corrected chi connectivity index (χ0v) is 12.6. The van der Waals surface area contributed by atoms with Crippen LogP contribution in [0.3, 0.4) is 0 Å². The second-order valence-electron chi connectivity index (χ2n) is 5.30. The average molecular weight is 293 g/mol. The standard InChI is InChI=1S/C18H19N3O/c1-14-19-18(17-9-7-16(13-22)8-10-17)21(20-14)12-11-15-5-3-2-4-6-15/h2-10,22H,11-13H2,1H3. The molecule has 0 bridgehead atoms. The van der Waals surface area contributed by atoms with Gasteiger partial charge in [-0.15, -0.1) is 0 Å². The Hall–Kier alpha value is -2.46. The van der Waals surface area contributed by atoms with Crippen LogP contribution in [0.5, 0.6) is 0 Å². The molecule has 0 aliphatic rings. The molecule has 0 aliphatic heterocycles. The van der Waals surface area contributed by atoms with Crippen LogP contribution in [0.25, 0.3) is 11.4 Å². The SMILES string of the molecule is Cc1nc(-c2ccc(CO)cc2)n(CCc2ccccc2)n1. The lowest BCUT2D eigenvalue weighted by Gasteiger charge is -2.07. The lowest BCUT2D eigenvalue weighted by Crippen LogP contribution is -2.05. The predicted octanol–water partition coefficient (Wildman–Crippen LogP) is 2.99. The molecular weight excluding hydrogens is 274 g/mol. The Morgan fingerprint density at radius 1 is 0.955 bits per heavy atom. The molecule has 112 valence electrons. The molecule has 0 fully saturated rings. The minimum absolute atomic E-state index is 0.0556.